The minimum atomic E-state index is -3.92. The Morgan fingerprint density at radius 2 is 1.64 bits per heavy atom. The van der Waals surface area contributed by atoms with Gasteiger partial charge < -0.3 is 14.8 Å². The topological polar surface area (TPSA) is 97.7 Å². The molecule has 0 heterocycles. The van der Waals surface area contributed by atoms with Crippen molar-refractivity contribution in [1.29, 1.82) is 0 Å². The summed E-state index contributed by atoms with van der Waals surface area (Å²) in [6.07, 6.45) is 0.409. The molecule has 5 nitrogen and oxygen atoms in total. The highest BCUT2D eigenvalue weighted by molar-refractivity contribution is 7.85. The Labute approximate surface area is 66.4 Å². The second kappa shape index (κ2) is 7.93. The normalized spacial score (nSPS) is 10.2. The molecule has 0 aromatic rings. The average molecular weight is 185 g/mol. The Kier molecular flexibility index (Phi) is 9.68. The molecule has 6 heteroatoms. The third kappa shape index (κ3) is 25.8. The lowest BCUT2D eigenvalue weighted by Gasteiger charge is -2.00. The molecule has 0 radical (unpaired) electrons. The van der Waals surface area contributed by atoms with Gasteiger partial charge in [0.2, 0.25) is 0 Å². The summed E-state index contributed by atoms with van der Waals surface area (Å²) in [5.74, 6) is -0.243. The second-order valence-electron chi connectivity index (χ2n) is 1.71. The van der Waals surface area contributed by atoms with Crippen LogP contribution in [0, 0.1) is 0 Å². The molecule has 11 heavy (non-hydrogen) atoms. The highest BCUT2D eigenvalue weighted by Gasteiger charge is 1.86. The quantitative estimate of drug-likeness (QED) is 0.544. The van der Waals surface area contributed by atoms with E-state index in [0.29, 0.717) is 6.42 Å². The first-order valence-corrected chi connectivity index (χ1v) is 4.71. The molecule has 0 aromatic heterocycles. The zero-order valence-corrected chi connectivity index (χ0v) is 7.17. The van der Waals surface area contributed by atoms with Crippen molar-refractivity contribution in [3.8, 4) is 0 Å². The predicted molar refractivity (Wildman–Crippen MR) is 39.0 cm³/mol. The highest BCUT2D eigenvalue weighted by atomic mass is 32.2. The first-order valence-electron chi connectivity index (χ1n) is 3.13. The van der Waals surface area contributed by atoms with Crippen LogP contribution in [0.2, 0.25) is 0 Å². The Morgan fingerprint density at radius 1 is 1.27 bits per heavy atom. The molecule has 0 amide bonds. The van der Waals surface area contributed by atoms with Crippen LogP contribution < -0.4 is 0 Å². The molecule has 0 atom stereocenters. The van der Waals surface area contributed by atoms with E-state index in [0.717, 1.165) is 0 Å². The van der Waals surface area contributed by atoms with E-state index in [1.54, 1.807) is 6.92 Å². The average Bonchev–Trinajstić information content (AvgIpc) is 1.86. The molecule has 0 aliphatic carbocycles. The fourth-order valence-electron chi connectivity index (χ4n) is 0.250. The van der Waals surface area contributed by atoms with Crippen molar-refractivity contribution in [1.82, 2.24) is 0 Å². The summed E-state index contributed by atoms with van der Waals surface area (Å²) in [6.45, 7) is 1.40. The molecule has 0 bridgehead atoms. The van der Waals surface area contributed by atoms with Crippen molar-refractivity contribution in [2.75, 3.05) is 19.0 Å². The van der Waals surface area contributed by atoms with Crippen LogP contribution in [0.3, 0.4) is 0 Å². The number of aliphatic hydroxyl groups excluding tert-OH is 2. The van der Waals surface area contributed by atoms with Gasteiger partial charge in [-0.25, -0.2) is 8.42 Å². The highest BCUT2D eigenvalue weighted by Crippen LogP contribution is 1.83. The van der Waals surface area contributed by atoms with Crippen LogP contribution in [0.5, 0.6) is 0 Å². The Bertz CT molecular complexity index is 148. The van der Waals surface area contributed by atoms with Crippen LogP contribution in [-0.2, 0) is 10.1 Å². The molecule has 70 valence electrons. The molecule has 0 unspecified atom stereocenters. The largest absolute Gasteiger partial charge is 0.748 e. The Morgan fingerprint density at radius 3 is 1.64 bits per heavy atom. The Balaban J connectivity index is 0. The SMILES string of the molecule is CCCS(=O)(=O)[O-].OCCO. The Hall–Kier alpha value is -0.170. The number of rotatable bonds is 3. The van der Waals surface area contributed by atoms with Gasteiger partial charge in [0.25, 0.3) is 0 Å². The van der Waals surface area contributed by atoms with E-state index in [2.05, 4.69) is 0 Å². The van der Waals surface area contributed by atoms with Crippen LogP contribution in [0.4, 0.5) is 0 Å². The van der Waals surface area contributed by atoms with Gasteiger partial charge in [-0.15, -0.1) is 0 Å². The van der Waals surface area contributed by atoms with Gasteiger partial charge in [0, 0.05) is 5.75 Å². The summed E-state index contributed by atoms with van der Waals surface area (Å²) in [6, 6.07) is 0. The maximum absolute atomic E-state index is 9.68. The molecule has 0 saturated carbocycles. The van der Waals surface area contributed by atoms with Crippen LogP contribution >= 0.6 is 0 Å². The minimum absolute atomic E-state index is 0.125. The van der Waals surface area contributed by atoms with Crippen molar-refractivity contribution >= 4 is 10.1 Å². The van der Waals surface area contributed by atoms with E-state index in [1.165, 1.54) is 0 Å². The third-order valence-electron chi connectivity index (χ3n) is 0.554. The molecule has 0 spiro atoms. The van der Waals surface area contributed by atoms with Gasteiger partial charge in [-0.2, -0.15) is 0 Å². The molecule has 0 aromatic carbocycles. The fourth-order valence-corrected chi connectivity index (χ4v) is 0.750. The molecule has 0 aliphatic rings. The first kappa shape index (κ1) is 13.4. The van der Waals surface area contributed by atoms with Crippen molar-refractivity contribution in [2.24, 2.45) is 0 Å². The maximum atomic E-state index is 9.68. The van der Waals surface area contributed by atoms with E-state index >= 15 is 0 Å². The summed E-state index contributed by atoms with van der Waals surface area (Å²) in [5.41, 5.74) is 0. The maximum Gasteiger partial charge on any atom is 0.0945 e. The summed E-state index contributed by atoms with van der Waals surface area (Å²) in [4.78, 5) is 0. The fraction of sp³-hybridized carbons (Fsp3) is 1.00. The van der Waals surface area contributed by atoms with Crippen LogP contribution in [0.15, 0.2) is 0 Å². The van der Waals surface area contributed by atoms with Crippen molar-refractivity contribution < 1.29 is 23.2 Å². The van der Waals surface area contributed by atoms with Gasteiger partial charge in [-0.05, 0) is 6.42 Å². The van der Waals surface area contributed by atoms with E-state index in [-0.39, 0.29) is 19.0 Å². The molecule has 0 fully saturated rings. The van der Waals surface area contributed by atoms with Crippen LogP contribution in [0.25, 0.3) is 0 Å². The van der Waals surface area contributed by atoms with Crippen molar-refractivity contribution in [3.05, 3.63) is 0 Å². The summed E-state index contributed by atoms with van der Waals surface area (Å²) in [7, 11) is -3.92. The van der Waals surface area contributed by atoms with E-state index in [9.17, 15) is 13.0 Å². The third-order valence-corrected chi connectivity index (χ3v) is 1.46. The van der Waals surface area contributed by atoms with Gasteiger partial charge in [0.15, 0.2) is 0 Å². The van der Waals surface area contributed by atoms with Crippen LogP contribution in [0.1, 0.15) is 13.3 Å². The van der Waals surface area contributed by atoms with E-state index in [4.69, 9.17) is 10.2 Å². The minimum Gasteiger partial charge on any atom is -0.748 e. The van der Waals surface area contributed by atoms with Gasteiger partial charge in [0.1, 0.15) is 0 Å². The van der Waals surface area contributed by atoms with E-state index in [1.807, 2.05) is 0 Å². The van der Waals surface area contributed by atoms with Gasteiger partial charge in [-0.3, -0.25) is 0 Å². The lowest BCUT2D eigenvalue weighted by Crippen LogP contribution is -2.01. The first-order chi connectivity index (χ1) is 4.97. The van der Waals surface area contributed by atoms with Gasteiger partial charge >= 0.3 is 0 Å². The summed E-state index contributed by atoms with van der Waals surface area (Å²) < 4.78 is 29.0. The number of aliphatic hydroxyl groups is 2. The zero-order valence-electron chi connectivity index (χ0n) is 6.36. The molecule has 2 N–H and O–H groups in total. The lowest BCUT2D eigenvalue weighted by molar-refractivity contribution is 0.186. The number of hydrogen-bond donors (Lipinski definition) is 2. The van der Waals surface area contributed by atoms with E-state index < -0.39 is 10.1 Å². The van der Waals surface area contributed by atoms with Crippen molar-refractivity contribution in [2.45, 2.75) is 13.3 Å². The lowest BCUT2D eigenvalue weighted by atomic mass is 10.6. The monoisotopic (exact) mass is 185 g/mol. The van der Waals surface area contributed by atoms with Gasteiger partial charge in [-0.1, -0.05) is 6.92 Å². The smallest absolute Gasteiger partial charge is 0.0945 e. The van der Waals surface area contributed by atoms with Crippen molar-refractivity contribution in [3.63, 3.8) is 0 Å². The van der Waals surface area contributed by atoms with Gasteiger partial charge in [0.05, 0.1) is 23.3 Å². The van der Waals surface area contributed by atoms with Crippen LogP contribution in [-0.4, -0.2) is 42.2 Å². The standard InChI is InChI=1S/C3H8O3S.C2H6O2/c1-2-3-7(4,5)6;3-1-2-4/h2-3H2,1H3,(H,4,5,6);3-4H,1-2H2/p-1. The molecule has 0 rings (SSSR count). The second-order valence-corrected chi connectivity index (χ2v) is 3.23. The molecule has 0 saturated heterocycles. The number of hydrogen-bond acceptors (Lipinski definition) is 5. The molecular weight excluding hydrogens is 172 g/mol. The molecule has 0 aliphatic heterocycles. The summed E-state index contributed by atoms with van der Waals surface area (Å²) >= 11 is 0. The predicted octanol–water partition coefficient (Wildman–Crippen LogP) is -1.09. The zero-order chi connectivity index (χ0) is 9.33. The summed E-state index contributed by atoms with van der Waals surface area (Å²) in [5, 5.41) is 15.2. The molecular formula is C5H13O5S-.